The molecule has 2 aromatic rings. The van der Waals surface area contributed by atoms with E-state index in [0.29, 0.717) is 37.8 Å². The van der Waals surface area contributed by atoms with Crippen molar-refractivity contribution in [2.24, 2.45) is 64.6 Å². The predicted octanol–water partition coefficient (Wildman–Crippen LogP) is 10.1. The smallest absolute Gasteiger partial charge is 0.410 e. The summed E-state index contributed by atoms with van der Waals surface area (Å²) in [4.78, 5) is 169. The van der Waals surface area contributed by atoms with Gasteiger partial charge < -0.3 is 49.8 Å². The van der Waals surface area contributed by atoms with Gasteiger partial charge in [0.2, 0.25) is 35.4 Å². The number of methoxy groups -OCH3 is 2. The van der Waals surface area contributed by atoms with Crippen molar-refractivity contribution >= 4 is 76.3 Å². The number of Topliss-reactive ketones (excluding diaryl/α,β-unsaturated/α-hetero) is 4. The lowest BCUT2D eigenvalue weighted by molar-refractivity contribution is -0.149. The zero-order chi connectivity index (χ0) is 74.5. The van der Waals surface area contributed by atoms with Crippen molar-refractivity contribution in [3.63, 3.8) is 0 Å². The highest BCUT2D eigenvalue weighted by Crippen LogP contribution is 2.37. The number of amides is 7. The summed E-state index contributed by atoms with van der Waals surface area (Å²) in [5, 5.41) is 26.0. The molecule has 0 aliphatic carbocycles. The summed E-state index contributed by atoms with van der Waals surface area (Å²) in [7, 11) is 6.19. The van der Waals surface area contributed by atoms with E-state index in [2.05, 4.69) is 10.6 Å². The van der Waals surface area contributed by atoms with Gasteiger partial charge in [-0.2, -0.15) is 0 Å². The maximum Gasteiger partial charge on any atom is 0.410 e. The van der Waals surface area contributed by atoms with Crippen LogP contribution in [-0.2, 0) is 73.6 Å². The normalized spacial score (nSPS) is 18.7. The summed E-state index contributed by atoms with van der Waals surface area (Å²) in [5.41, 5.74) is 1.10. The van der Waals surface area contributed by atoms with Crippen molar-refractivity contribution in [2.75, 3.05) is 46.7 Å². The minimum absolute atomic E-state index is 0.0138. The van der Waals surface area contributed by atoms with Crippen molar-refractivity contribution in [2.45, 2.75) is 229 Å². The predicted molar refractivity (Wildman–Crippen MR) is 375 cm³/mol. The third-order valence-electron chi connectivity index (χ3n) is 20.2. The van der Waals surface area contributed by atoms with Gasteiger partial charge in [-0.15, -0.1) is 0 Å². The number of carbonyl (C=O) groups excluding carboxylic acids is 11. The molecule has 2 aliphatic rings. The van der Waals surface area contributed by atoms with Crippen LogP contribution in [0.1, 0.15) is 198 Å². The van der Waals surface area contributed by atoms with E-state index >= 15 is 0 Å². The lowest BCUT2D eigenvalue weighted by Gasteiger charge is -2.41. The molecule has 99 heavy (non-hydrogen) atoms. The van der Waals surface area contributed by atoms with Crippen LogP contribution in [0.15, 0.2) is 54.6 Å². The number of aliphatic carboxylic acids is 1. The van der Waals surface area contributed by atoms with Crippen LogP contribution in [0, 0.1) is 64.6 Å². The number of carbonyl (C=O) groups is 12. The molecule has 2 aromatic carbocycles. The first-order valence-electron chi connectivity index (χ1n) is 35.5. The minimum atomic E-state index is -1.19. The number of likely N-dealkylation sites (tertiary alicyclic amines) is 2. The molecule has 2 fully saturated rings. The third kappa shape index (κ3) is 24.2. The Bertz CT molecular complexity index is 3070. The summed E-state index contributed by atoms with van der Waals surface area (Å²) < 4.78 is 17.8. The minimum Gasteiger partial charge on any atom is -0.481 e. The van der Waals surface area contributed by atoms with Gasteiger partial charge in [-0.05, 0) is 90.9 Å². The molecule has 7 amide bonds. The number of nitrogens with one attached hydrogen (secondary N) is 2. The highest BCUT2D eigenvalue weighted by Gasteiger charge is 2.46. The van der Waals surface area contributed by atoms with Crippen LogP contribution in [0.2, 0.25) is 0 Å². The first-order valence-corrected chi connectivity index (χ1v) is 35.5. The van der Waals surface area contributed by atoms with Crippen LogP contribution in [-0.4, -0.2) is 178 Å². The zero-order valence-corrected chi connectivity index (χ0v) is 62.1. The molecule has 4 rings (SSSR count). The van der Waals surface area contributed by atoms with E-state index in [0.717, 1.165) is 10.5 Å². The molecule has 0 radical (unpaired) electrons. The van der Waals surface area contributed by atoms with Gasteiger partial charge in [-0.3, -0.25) is 57.6 Å². The zero-order valence-electron chi connectivity index (χ0n) is 62.1. The second-order valence-corrected chi connectivity index (χ2v) is 30.0. The van der Waals surface area contributed by atoms with Gasteiger partial charge in [0, 0.05) is 116 Å². The largest absolute Gasteiger partial charge is 0.481 e. The second kappa shape index (κ2) is 39.1. The van der Waals surface area contributed by atoms with Crippen molar-refractivity contribution in [1.82, 2.24) is 24.9 Å². The highest BCUT2D eigenvalue weighted by molar-refractivity contribution is 6.04. The Morgan fingerprint density at radius 1 is 0.717 bits per heavy atom. The van der Waals surface area contributed by atoms with Crippen molar-refractivity contribution < 1.29 is 82.0 Å². The summed E-state index contributed by atoms with van der Waals surface area (Å²) in [5.74, 6) is -9.95. The lowest BCUT2D eigenvalue weighted by atomic mass is 9.80. The molecule has 0 saturated carbocycles. The molecule has 1 unspecified atom stereocenters. The molecule has 2 aliphatic heterocycles. The Hall–Kier alpha value is -7.24. The molecule has 14 atom stereocenters. The standard InChI is InChI=1S/C76H116N6O17/c1-19-47(8)68(63(97-17)42-65(88)81-34-23-26-59(81)70(98-18)49(10)60(84)37-48(9)69(91)52-24-21-20-22-25-52)79(15)73(94)57(45(4)5)40-62(86)67(46(6)7)80(16)75(96)99-43-51-27-30-55(31-28-51)78-71(92)53(29-32-66(89)90)39-61(85)50(11)77-72(93)54(36-44(2)3)38-56(83)33-35-82-64(87)41-58(74(82)95)76(12,13)14/h20-22,24-25,27-28,30-31,44-50,53-54,57-59,63,67-70,91H,19,23,26,29,32-43H2,1-18H3,(H,77,93)(H,78,92)(H,89,90)/t47-,48-,49-,50-,53+,54-,57-,58?,59-,63+,67-,68-,69+,70+/m0/s1. The number of rotatable bonds is 41. The van der Waals surface area contributed by atoms with E-state index in [9.17, 15) is 67.7 Å². The second-order valence-electron chi connectivity index (χ2n) is 30.0. The van der Waals surface area contributed by atoms with E-state index in [1.807, 2.05) is 106 Å². The average molecular weight is 1390 g/mol. The first-order chi connectivity index (χ1) is 46.4. The van der Waals surface area contributed by atoms with Crippen LogP contribution >= 0.6 is 0 Å². The number of ketones is 4. The molecule has 23 heteroatoms. The molecule has 0 bridgehead atoms. The van der Waals surface area contributed by atoms with Crippen molar-refractivity contribution in [3.05, 3.63) is 65.7 Å². The van der Waals surface area contributed by atoms with Crippen LogP contribution in [0.25, 0.3) is 0 Å². The Kier molecular flexibility index (Phi) is 33.2. The molecule has 23 nitrogen and oxygen atoms in total. The summed E-state index contributed by atoms with van der Waals surface area (Å²) in [6.45, 7) is 25.9. The number of anilines is 1. The van der Waals surface area contributed by atoms with E-state index in [4.69, 9.17) is 14.2 Å². The number of aliphatic hydroxyl groups is 1. The van der Waals surface area contributed by atoms with Gasteiger partial charge in [-0.1, -0.05) is 139 Å². The van der Waals surface area contributed by atoms with Gasteiger partial charge >= 0.3 is 12.1 Å². The number of carboxylic acid groups (broad SMARTS) is 1. The molecular formula is C76H116N6O17. The third-order valence-corrected chi connectivity index (χ3v) is 20.2. The molecule has 0 aromatic heterocycles. The van der Waals surface area contributed by atoms with Gasteiger partial charge in [0.25, 0.3) is 0 Å². The highest BCUT2D eigenvalue weighted by atomic mass is 16.6. The van der Waals surface area contributed by atoms with E-state index in [-0.39, 0.29) is 128 Å². The Morgan fingerprint density at radius 3 is 1.90 bits per heavy atom. The Balaban J connectivity index is 1.37. The van der Waals surface area contributed by atoms with Crippen molar-refractivity contribution in [3.8, 4) is 0 Å². The maximum absolute atomic E-state index is 14.9. The SMILES string of the molecule is CC[C@H](C)[C@@H]([C@@H](CC(=O)N1CCC[C@H]1[C@H](OC)[C@@H](C)C(=O)C[C@H](C)[C@@H](O)c1ccccc1)OC)N(C)C(=O)[C@@H](CC(=O)[C@H](C(C)C)N(C)C(=O)OCc1ccc(NC(=O)[C@H](CCC(=O)O)CC(=O)[C@H](C)NC(=O)[C@H](CC(=O)CCN2C(=O)CC(C(C)(C)C)C2=O)CC(C)C)cc1)C(C)C. The molecule has 0 spiro atoms. The fraction of sp³-hybridized carbons (Fsp3) is 0.684. The fourth-order valence-corrected chi connectivity index (χ4v) is 14.0. The monoisotopic (exact) mass is 1380 g/mol. The lowest BCUT2D eigenvalue weighted by Crippen LogP contribution is -2.54. The van der Waals surface area contributed by atoms with Crippen LogP contribution in [0.3, 0.4) is 0 Å². The van der Waals surface area contributed by atoms with Crippen molar-refractivity contribution in [1.29, 1.82) is 0 Å². The first kappa shape index (κ1) is 84.2. The number of hydrogen-bond donors (Lipinski definition) is 4. The number of carboxylic acids is 1. The van der Waals surface area contributed by atoms with Gasteiger partial charge in [0.05, 0.1) is 54.8 Å². The number of ether oxygens (including phenoxy) is 3. The topological polar surface area (TPSA) is 310 Å². The quantitative estimate of drug-likeness (QED) is 0.0450. The van der Waals surface area contributed by atoms with E-state index in [1.54, 1.807) is 62.1 Å². The molecular weight excluding hydrogens is 1270 g/mol. The van der Waals surface area contributed by atoms with Gasteiger partial charge in [0.15, 0.2) is 11.6 Å². The average Bonchev–Trinajstić information content (AvgIpc) is 1.77. The molecule has 2 saturated heterocycles. The molecule has 2 heterocycles. The van der Waals surface area contributed by atoms with E-state index < -0.39 is 126 Å². The number of nitrogens with zero attached hydrogens (tertiary/aromatic N) is 4. The van der Waals surface area contributed by atoms with Crippen LogP contribution in [0.4, 0.5) is 10.5 Å². The maximum atomic E-state index is 14.9. The van der Waals surface area contributed by atoms with E-state index in [1.165, 1.54) is 26.0 Å². The fourth-order valence-electron chi connectivity index (χ4n) is 14.0. The van der Waals surface area contributed by atoms with Gasteiger partial charge in [0.1, 0.15) is 18.2 Å². The molecule has 4 N–H and O–H groups in total. The van der Waals surface area contributed by atoms with Crippen LogP contribution < -0.4 is 10.6 Å². The number of imide groups is 1. The number of aliphatic hydroxyl groups excluding tert-OH is 1. The number of likely N-dealkylation sites (N-methyl/N-ethyl adjacent to an activating group) is 2. The Labute approximate surface area is 587 Å². The summed E-state index contributed by atoms with van der Waals surface area (Å²) >= 11 is 0. The Morgan fingerprint density at radius 2 is 1.35 bits per heavy atom. The summed E-state index contributed by atoms with van der Waals surface area (Å²) in [6, 6.07) is 12.4. The van der Waals surface area contributed by atoms with Gasteiger partial charge in [-0.25, -0.2) is 4.79 Å². The molecule has 552 valence electrons. The van der Waals surface area contributed by atoms with Crippen LogP contribution in [0.5, 0.6) is 0 Å². The number of benzene rings is 2. The summed E-state index contributed by atoms with van der Waals surface area (Å²) in [6.07, 6.45) is -2.16. The number of hydrogen-bond acceptors (Lipinski definition) is 16.